The van der Waals surface area contributed by atoms with Crippen LogP contribution in [0.5, 0.6) is 0 Å². The first kappa shape index (κ1) is 19.1. The lowest BCUT2D eigenvalue weighted by Crippen LogP contribution is -2.32. The summed E-state index contributed by atoms with van der Waals surface area (Å²) in [6, 6.07) is 8.35. The summed E-state index contributed by atoms with van der Waals surface area (Å²) in [6.45, 7) is 11.6. The van der Waals surface area contributed by atoms with Gasteiger partial charge in [-0.3, -0.25) is 4.79 Å². The third kappa shape index (κ3) is 3.59. The van der Waals surface area contributed by atoms with Crippen LogP contribution in [0.4, 0.5) is 0 Å². The first-order valence-electron chi connectivity index (χ1n) is 9.69. The van der Waals surface area contributed by atoms with E-state index in [-0.39, 0.29) is 5.91 Å². The zero-order chi connectivity index (χ0) is 19.6. The zero-order valence-electron chi connectivity index (χ0n) is 16.9. The van der Waals surface area contributed by atoms with Gasteiger partial charge >= 0.3 is 0 Å². The number of rotatable bonds is 6. The molecular formula is C22H28N4O. The van der Waals surface area contributed by atoms with Gasteiger partial charge in [0.05, 0.1) is 17.0 Å². The van der Waals surface area contributed by atoms with Crippen LogP contribution in [0.15, 0.2) is 30.5 Å². The van der Waals surface area contributed by atoms with E-state index in [1.54, 1.807) is 6.20 Å². The van der Waals surface area contributed by atoms with Crippen molar-refractivity contribution in [1.82, 2.24) is 19.5 Å². The molecule has 0 saturated heterocycles. The molecule has 2 heterocycles. The van der Waals surface area contributed by atoms with Crippen molar-refractivity contribution in [2.75, 3.05) is 13.1 Å². The second-order valence-electron chi connectivity index (χ2n) is 7.06. The van der Waals surface area contributed by atoms with Crippen LogP contribution < -0.4 is 0 Å². The van der Waals surface area contributed by atoms with Gasteiger partial charge in [0.1, 0.15) is 0 Å². The number of fused-ring (bicyclic) bond motifs is 1. The van der Waals surface area contributed by atoms with Crippen molar-refractivity contribution in [2.24, 2.45) is 0 Å². The number of hydrogen-bond acceptors (Lipinski definition) is 3. The zero-order valence-corrected chi connectivity index (χ0v) is 16.9. The lowest BCUT2D eigenvalue weighted by atomic mass is 10.0. The molecule has 5 heteroatoms. The minimum absolute atomic E-state index is 0.0307. The van der Waals surface area contributed by atoms with Crippen molar-refractivity contribution in [1.29, 1.82) is 0 Å². The summed E-state index contributed by atoms with van der Waals surface area (Å²) in [5, 5.41) is 4.69. The number of benzene rings is 1. The summed E-state index contributed by atoms with van der Waals surface area (Å²) in [6.07, 6.45) is 3.78. The molecule has 0 bridgehead atoms. The predicted molar refractivity (Wildman–Crippen MR) is 109 cm³/mol. The van der Waals surface area contributed by atoms with Crippen LogP contribution in [-0.4, -0.2) is 38.5 Å². The molecule has 2 aromatic heterocycles. The van der Waals surface area contributed by atoms with Gasteiger partial charge in [-0.05, 0) is 39.7 Å². The van der Waals surface area contributed by atoms with E-state index in [4.69, 9.17) is 5.10 Å². The molecule has 0 saturated carbocycles. The average Bonchev–Trinajstić information content (AvgIpc) is 2.99. The third-order valence-corrected chi connectivity index (χ3v) is 5.05. The van der Waals surface area contributed by atoms with Gasteiger partial charge in [0.25, 0.3) is 5.91 Å². The molecule has 0 unspecified atom stereocenters. The lowest BCUT2D eigenvalue weighted by molar-refractivity contribution is 0.0760. The molecule has 142 valence electrons. The quantitative estimate of drug-likeness (QED) is 0.643. The van der Waals surface area contributed by atoms with Gasteiger partial charge < -0.3 is 4.90 Å². The van der Waals surface area contributed by atoms with E-state index in [1.807, 2.05) is 36.3 Å². The van der Waals surface area contributed by atoms with Crippen molar-refractivity contribution in [3.8, 4) is 11.1 Å². The van der Waals surface area contributed by atoms with Gasteiger partial charge in [0.2, 0.25) is 0 Å². The van der Waals surface area contributed by atoms with Crippen LogP contribution in [0.25, 0.3) is 16.8 Å². The maximum absolute atomic E-state index is 13.0. The summed E-state index contributed by atoms with van der Waals surface area (Å²) >= 11 is 0. The standard InChI is InChI=1S/C22H28N4O/c1-6-8-12-25(7-2)22(27)19-14-23-21-20(16(4)24-26(21)17(19)5)18-11-9-10-15(3)13-18/h9-11,13-14H,6-8,12H2,1-5H3. The van der Waals surface area contributed by atoms with Gasteiger partial charge in [-0.2, -0.15) is 5.10 Å². The Kier molecular flexibility index (Phi) is 5.59. The van der Waals surface area contributed by atoms with Gasteiger partial charge in [-0.25, -0.2) is 9.50 Å². The minimum Gasteiger partial charge on any atom is -0.339 e. The molecule has 0 atom stereocenters. The van der Waals surface area contributed by atoms with Crippen molar-refractivity contribution in [3.05, 3.63) is 53.0 Å². The number of aromatic nitrogens is 3. The Morgan fingerprint density at radius 3 is 2.63 bits per heavy atom. The van der Waals surface area contributed by atoms with E-state index >= 15 is 0 Å². The number of hydrogen-bond donors (Lipinski definition) is 0. The van der Waals surface area contributed by atoms with Gasteiger partial charge in [-0.15, -0.1) is 0 Å². The number of carbonyl (C=O) groups is 1. The fraction of sp³-hybridized carbons (Fsp3) is 0.409. The Balaban J connectivity index is 2.08. The van der Waals surface area contributed by atoms with Gasteiger partial charge in [0.15, 0.2) is 5.65 Å². The topological polar surface area (TPSA) is 50.5 Å². The fourth-order valence-corrected chi connectivity index (χ4v) is 3.47. The number of aryl methyl sites for hydroxylation is 3. The Labute approximate surface area is 161 Å². The van der Waals surface area contributed by atoms with Crippen molar-refractivity contribution in [2.45, 2.75) is 47.5 Å². The summed E-state index contributed by atoms with van der Waals surface area (Å²) < 4.78 is 1.81. The Bertz CT molecular complexity index is 974. The molecule has 0 spiro atoms. The molecule has 0 fully saturated rings. The molecule has 1 amide bonds. The molecule has 3 aromatic rings. The Morgan fingerprint density at radius 1 is 1.19 bits per heavy atom. The van der Waals surface area contributed by atoms with E-state index in [0.29, 0.717) is 12.1 Å². The lowest BCUT2D eigenvalue weighted by Gasteiger charge is -2.21. The number of amides is 1. The highest BCUT2D eigenvalue weighted by molar-refractivity contribution is 5.95. The molecule has 1 aromatic carbocycles. The monoisotopic (exact) mass is 364 g/mol. The number of nitrogens with zero attached hydrogens (tertiary/aromatic N) is 4. The summed E-state index contributed by atoms with van der Waals surface area (Å²) in [7, 11) is 0. The fourth-order valence-electron chi connectivity index (χ4n) is 3.47. The smallest absolute Gasteiger partial charge is 0.257 e. The summed E-state index contributed by atoms with van der Waals surface area (Å²) in [5.74, 6) is 0.0307. The van der Waals surface area contributed by atoms with Gasteiger partial charge in [-0.1, -0.05) is 43.2 Å². The predicted octanol–water partition coefficient (Wildman–Crippen LogP) is 4.58. The van der Waals surface area contributed by atoms with E-state index in [2.05, 4.69) is 37.0 Å². The van der Waals surface area contributed by atoms with Crippen LogP contribution in [0.2, 0.25) is 0 Å². The molecule has 0 aliphatic rings. The van der Waals surface area contributed by atoms with Crippen molar-refractivity contribution in [3.63, 3.8) is 0 Å². The maximum Gasteiger partial charge on any atom is 0.257 e. The summed E-state index contributed by atoms with van der Waals surface area (Å²) in [4.78, 5) is 19.5. The second-order valence-corrected chi connectivity index (χ2v) is 7.06. The first-order valence-corrected chi connectivity index (χ1v) is 9.69. The van der Waals surface area contributed by atoms with Crippen LogP contribution in [0.1, 0.15) is 54.0 Å². The molecular weight excluding hydrogens is 336 g/mol. The number of carbonyl (C=O) groups excluding carboxylic acids is 1. The third-order valence-electron chi connectivity index (χ3n) is 5.05. The highest BCUT2D eigenvalue weighted by Crippen LogP contribution is 2.29. The van der Waals surface area contributed by atoms with Crippen LogP contribution in [0.3, 0.4) is 0 Å². The van der Waals surface area contributed by atoms with E-state index < -0.39 is 0 Å². The molecule has 0 radical (unpaired) electrons. The second kappa shape index (κ2) is 7.91. The van der Waals surface area contributed by atoms with Crippen LogP contribution in [0, 0.1) is 20.8 Å². The SMILES string of the molecule is CCCCN(CC)C(=O)c1cnc2c(-c3cccc(C)c3)c(C)nn2c1C. The maximum atomic E-state index is 13.0. The van der Waals surface area contributed by atoms with Crippen LogP contribution in [-0.2, 0) is 0 Å². The van der Waals surface area contributed by atoms with Crippen molar-refractivity contribution < 1.29 is 4.79 Å². The summed E-state index contributed by atoms with van der Waals surface area (Å²) in [5.41, 5.74) is 6.50. The Morgan fingerprint density at radius 2 is 1.96 bits per heavy atom. The highest BCUT2D eigenvalue weighted by atomic mass is 16.2. The highest BCUT2D eigenvalue weighted by Gasteiger charge is 2.21. The average molecular weight is 364 g/mol. The molecule has 5 nitrogen and oxygen atoms in total. The van der Waals surface area contributed by atoms with E-state index in [0.717, 1.165) is 47.5 Å². The van der Waals surface area contributed by atoms with Gasteiger partial charge in [0, 0.05) is 24.8 Å². The normalized spacial score (nSPS) is 11.1. The molecule has 0 N–H and O–H groups in total. The largest absolute Gasteiger partial charge is 0.339 e. The number of unbranched alkanes of at least 4 members (excludes halogenated alkanes) is 1. The van der Waals surface area contributed by atoms with E-state index in [9.17, 15) is 4.79 Å². The van der Waals surface area contributed by atoms with Crippen LogP contribution >= 0.6 is 0 Å². The molecule has 0 aliphatic carbocycles. The molecule has 27 heavy (non-hydrogen) atoms. The molecule has 3 rings (SSSR count). The Hall–Kier alpha value is -2.69. The first-order chi connectivity index (χ1) is 13.0. The van der Waals surface area contributed by atoms with Crippen molar-refractivity contribution >= 4 is 11.6 Å². The molecule has 0 aliphatic heterocycles. The minimum atomic E-state index is 0.0307. The van der Waals surface area contributed by atoms with E-state index in [1.165, 1.54) is 5.56 Å².